The zero-order chi connectivity index (χ0) is 16.8. The number of benzene rings is 1. The highest BCUT2D eigenvalue weighted by Crippen LogP contribution is 2.23. The Labute approximate surface area is 145 Å². The molecule has 2 saturated heterocycles. The minimum Gasteiger partial charge on any atom is -0.497 e. The molecule has 0 radical (unpaired) electrons. The molecule has 2 aliphatic heterocycles. The smallest absolute Gasteiger partial charge is 0.119 e. The van der Waals surface area contributed by atoms with Crippen molar-refractivity contribution in [1.82, 2.24) is 9.80 Å². The van der Waals surface area contributed by atoms with Gasteiger partial charge < -0.3 is 19.5 Å². The summed E-state index contributed by atoms with van der Waals surface area (Å²) in [4.78, 5) is 4.94. The first-order valence-electron chi connectivity index (χ1n) is 9.09. The molecule has 2 aliphatic rings. The van der Waals surface area contributed by atoms with Gasteiger partial charge in [-0.15, -0.1) is 0 Å². The number of hydrogen-bond acceptors (Lipinski definition) is 5. The maximum Gasteiger partial charge on any atom is 0.119 e. The van der Waals surface area contributed by atoms with Crippen LogP contribution in [0.3, 0.4) is 0 Å². The van der Waals surface area contributed by atoms with Crippen LogP contribution in [0.25, 0.3) is 0 Å². The number of aliphatic hydroxyl groups excluding tert-OH is 1. The number of ether oxygens (including phenoxy) is 2. The van der Waals surface area contributed by atoms with Gasteiger partial charge >= 0.3 is 0 Å². The van der Waals surface area contributed by atoms with E-state index >= 15 is 0 Å². The second kappa shape index (κ2) is 8.81. The summed E-state index contributed by atoms with van der Waals surface area (Å²) in [7, 11) is 1.66. The Morgan fingerprint density at radius 3 is 2.88 bits per heavy atom. The molecule has 0 aromatic heterocycles. The molecule has 2 unspecified atom stereocenters. The second-order valence-corrected chi connectivity index (χ2v) is 6.97. The van der Waals surface area contributed by atoms with Crippen molar-refractivity contribution in [1.29, 1.82) is 0 Å². The lowest BCUT2D eigenvalue weighted by molar-refractivity contribution is 0.0187. The van der Waals surface area contributed by atoms with Gasteiger partial charge in [0.2, 0.25) is 0 Å². The number of methoxy groups -OCH3 is 1. The topological polar surface area (TPSA) is 45.2 Å². The van der Waals surface area contributed by atoms with Gasteiger partial charge in [-0.2, -0.15) is 0 Å². The van der Waals surface area contributed by atoms with Crippen LogP contribution in [-0.4, -0.2) is 74.5 Å². The summed E-state index contributed by atoms with van der Waals surface area (Å²) in [5.74, 6) is 1.50. The lowest BCUT2D eigenvalue weighted by atomic mass is 9.96. The fourth-order valence-electron chi connectivity index (χ4n) is 3.81. The number of β-amino-alcohol motifs (C(OH)–C–C–N with tert-alkyl or cyclic N) is 1. The average molecular weight is 334 g/mol. The van der Waals surface area contributed by atoms with Crippen molar-refractivity contribution < 1.29 is 14.6 Å². The van der Waals surface area contributed by atoms with Gasteiger partial charge in [0.05, 0.1) is 26.4 Å². The molecule has 5 nitrogen and oxygen atoms in total. The lowest BCUT2D eigenvalue weighted by Crippen LogP contribution is -2.45. The Morgan fingerprint density at radius 2 is 2.08 bits per heavy atom. The van der Waals surface area contributed by atoms with Crippen LogP contribution in [0.15, 0.2) is 24.3 Å². The highest BCUT2D eigenvalue weighted by Gasteiger charge is 2.24. The van der Waals surface area contributed by atoms with Gasteiger partial charge in [-0.1, -0.05) is 12.1 Å². The third kappa shape index (κ3) is 4.93. The number of hydrogen-bond donors (Lipinski definition) is 1. The normalized spacial score (nSPS) is 24.7. The van der Waals surface area contributed by atoms with Gasteiger partial charge in [0, 0.05) is 32.7 Å². The van der Waals surface area contributed by atoms with Crippen LogP contribution in [0.5, 0.6) is 5.75 Å². The molecular formula is C19H30N2O3. The second-order valence-electron chi connectivity index (χ2n) is 6.97. The highest BCUT2D eigenvalue weighted by atomic mass is 16.5. The number of morpholine rings is 1. The predicted octanol–water partition coefficient (Wildman–Crippen LogP) is 1.77. The Balaban J connectivity index is 1.50. The maximum absolute atomic E-state index is 10.6. The van der Waals surface area contributed by atoms with Gasteiger partial charge in [-0.3, -0.25) is 4.90 Å². The van der Waals surface area contributed by atoms with E-state index in [2.05, 4.69) is 9.80 Å². The van der Waals surface area contributed by atoms with Crippen molar-refractivity contribution in [2.24, 2.45) is 5.92 Å². The Hall–Kier alpha value is -1.14. The van der Waals surface area contributed by atoms with E-state index in [-0.39, 0.29) is 0 Å². The monoisotopic (exact) mass is 334 g/mol. The van der Waals surface area contributed by atoms with E-state index in [0.717, 1.165) is 57.3 Å². The van der Waals surface area contributed by atoms with Gasteiger partial charge in [-0.05, 0) is 43.0 Å². The van der Waals surface area contributed by atoms with Crippen molar-refractivity contribution in [2.45, 2.75) is 18.9 Å². The summed E-state index contributed by atoms with van der Waals surface area (Å²) in [6.45, 7) is 7.88. The molecule has 5 heteroatoms. The van der Waals surface area contributed by atoms with Crippen molar-refractivity contribution in [3.63, 3.8) is 0 Å². The van der Waals surface area contributed by atoms with Gasteiger partial charge in [0.1, 0.15) is 5.75 Å². The van der Waals surface area contributed by atoms with Crippen LogP contribution in [0.1, 0.15) is 24.5 Å². The van der Waals surface area contributed by atoms with Gasteiger partial charge in [0.25, 0.3) is 0 Å². The van der Waals surface area contributed by atoms with E-state index in [0.29, 0.717) is 12.5 Å². The SMILES string of the molecule is COc1cccc(C(O)CN2CCCC(CN3CCOCC3)C2)c1. The Kier molecular flexibility index (Phi) is 6.49. The summed E-state index contributed by atoms with van der Waals surface area (Å²) in [5, 5.41) is 10.6. The van der Waals surface area contributed by atoms with Gasteiger partial charge in [0.15, 0.2) is 0 Å². The number of nitrogens with zero attached hydrogens (tertiary/aromatic N) is 2. The molecule has 2 fully saturated rings. The molecule has 2 heterocycles. The minimum absolute atomic E-state index is 0.456. The molecule has 0 amide bonds. The summed E-state index contributed by atoms with van der Waals surface area (Å²) < 4.78 is 10.7. The molecule has 1 aromatic rings. The highest BCUT2D eigenvalue weighted by molar-refractivity contribution is 5.29. The lowest BCUT2D eigenvalue weighted by Gasteiger charge is -2.37. The molecule has 1 aromatic carbocycles. The third-order valence-corrected chi connectivity index (χ3v) is 5.13. The van der Waals surface area contributed by atoms with E-state index in [1.54, 1.807) is 7.11 Å². The van der Waals surface area contributed by atoms with Crippen LogP contribution in [0, 0.1) is 5.92 Å². The van der Waals surface area contributed by atoms with Crippen LogP contribution in [0.4, 0.5) is 0 Å². The fraction of sp³-hybridized carbons (Fsp3) is 0.684. The average Bonchev–Trinajstić information content (AvgIpc) is 2.63. The molecule has 2 atom stereocenters. The number of rotatable bonds is 6. The number of piperidine rings is 1. The Morgan fingerprint density at radius 1 is 1.25 bits per heavy atom. The molecule has 0 spiro atoms. The van der Waals surface area contributed by atoms with E-state index in [1.807, 2.05) is 24.3 Å². The van der Waals surface area contributed by atoms with Crippen LogP contribution >= 0.6 is 0 Å². The molecule has 1 N–H and O–H groups in total. The summed E-state index contributed by atoms with van der Waals surface area (Å²) >= 11 is 0. The molecule has 134 valence electrons. The quantitative estimate of drug-likeness (QED) is 0.859. The van der Waals surface area contributed by atoms with Crippen LogP contribution in [-0.2, 0) is 4.74 Å². The van der Waals surface area contributed by atoms with E-state index in [1.165, 1.54) is 12.8 Å². The molecule has 0 saturated carbocycles. The van der Waals surface area contributed by atoms with Crippen molar-refractivity contribution >= 4 is 0 Å². The summed E-state index contributed by atoms with van der Waals surface area (Å²) in [5.41, 5.74) is 0.935. The standard InChI is InChI=1S/C19H30N2O3/c1-23-18-6-2-5-17(12-18)19(22)15-21-7-3-4-16(14-21)13-20-8-10-24-11-9-20/h2,5-6,12,16,19,22H,3-4,7-11,13-15H2,1H3. The van der Waals surface area contributed by atoms with Crippen molar-refractivity contribution in [3.8, 4) is 5.75 Å². The third-order valence-electron chi connectivity index (χ3n) is 5.13. The first-order chi connectivity index (χ1) is 11.7. The van der Waals surface area contributed by atoms with Crippen LogP contribution < -0.4 is 4.74 Å². The predicted molar refractivity (Wildman–Crippen MR) is 94.4 cm³/mol. The fourth-order valence-corrected chi connectivity index (χ4v) is 3.81. The van der Waals surface area contributed by atoms with Crippen LogP contribution in [0.2, 0.25) is 0 Å². The molecule has 0 aliphatic carbocycles. The first kappa shape index (κ1) is 17.7. The minimum atomic E-state index is -0.456. The summed E-state index contributed by atoms with van der Waals surface area (Å²) in [6.07, 6.45) is 2.06. The van der Waals surface area contributed by atoms with Crippen molar-refractivity contribution in [3.05, 3.63) is 29.8 Å². The molecule has 3 rings (SSSR count). The molecule has 24 heavy (non-hydrogen) atoms. The largest absolute Gasteiger partial charge is 0.497 e. The molecule has 0 bridgehead atoms. The van der Waals surface area contributed by atoms with Gasteiger partial charge in [-0.25, -0.2) is 0 Å². The van der Waals surface area contributed by atoms with E-state index in [4.69, 9.17) is 9.47 Å². The molecular weight excluding hydrogens is 304 g/mol. The number of aliphatic hydroxyl groups is 1. The van der Waals surface area contributed by atoms with Crippen molar-refractivity contribution in [2.75, 3.05) is 59.6 Å². The van der Waals surface area contributed by atoms with E-state index in [9.17, 15) is 5.11 Å². The number of likely N-dealkylation sites (tertiary alicyclic amines) is 1. The first-order valence-corrected chi connectivity index (χ1v) is 9.09. The zero-order valence-corrected chi connectivity index (χ0v) is 14.7. The zero-order valence-electron chi connectivity index (χ0n) is 14.7. The maximum atomic E-state index is 10.6. The summed E-state index contributed by atoms with van der Waals surface area (Å²) in [6, 6.07) is 7.76. The van der Waals surface area contributed by atoms with E-state index < -0.39 is 6.10 Å². The Bertz CT molecular complexity index is 505.